The van der Waals surface area contributed by atoms with Gasteiger partial charge in [-0.3, -0.25) is 4.79 Å². The minimum Gasteiger partial charge on any atom is -0.394 e. The lowest BCUT2D eigenvalue weighted by Crippen LogP contribution is -2.56. The van der Waals surface area contributed by atoms with Gasteiger partial charge in [0.1, 0.15) is 11.5 Å². The summed E-state index contributed by atoms with van der Waals surface area (Å²) in [6.07, 6.45) is 3.48. The van der Waals surface area contributed by atoms with Gasteiger partial charge in [-0.05, 0) is 85.2 Å². The first-order chi connectivity index (χ1) is 17.1. The number of carbonyl (C=O) groups is 1. The molecule has 0 aliphatic rings. The number of aliphatic hydroxyl groups is 1. The van der Waals surface area contributed by atoms with Crippen molar-refractivity contribution >= 4 is 34.9 Å². The van der Waals surface area contributed by atoms with Gasteiger partial charge >= 0.3 is 0 Å². The molecule has 1 atom stereocenters. The van der Waals surface area contributed by atoms with Crippen molar-refractivity contribution in [2.45, 2.75) is 78.6 Å². The van der Waals surface area contributed by atoms with Crippen LogP contribution in [0.15, 0.2) is 48.8 Å². The molecule has 8 heteroatoms. The molecule has 0 saturated carbocycles. The molecule has 1 aromatic carbocycles. The zero-order valence-electron chi connectivity index (χ0n) is 22.9. The lowest BCUT2D eigenvalue weighted by molar-refractivity contribution is 0.0258. The van der Waals surface area contributed by atoms with Crippen LogP contribution in [0.25, 0.3) is 11.1 Å². The molecule has 3 rings (SSSR count). The number of amides is 1. The molecule has 6 nitrogen and oxygen atoms in total. The largest absolute Gasteiger partial charge is 0.394 e. The molecule has 0 spiro atoms. The summed E-state index contributed by atoms with van der Waals surface area (Å²) < 4.78 is 1.83. The second kappa shape index (κ2) is 11.1. The lowest BCUT2D eigenvalue weighted by atomic mass is 9.95. The number of aliphatic hydroxyl groups excluding tert-OH is 1. The molecule has 0 unspecified atom stereocenters. The summed E-state index contributed by atoms with van der Waals surface area (Å²) in [5, 5.41) is 14.9. The van der Waals surface area contributed by atoms with Crippen LogP contribution in [-0.4, -0.2) is 49.2 Å². The van der Waals surface area contributed by atoms with Gasteiger partial charge in [-0.1, -0.05) is 35.3 Å². The second-order valence-electron chi connectivity index (χ2n) is 11.6. The topological polar surface area (TPSA) is 70.4 Å². The van der Waals surface area contributed by atoms with Crippen LogP contribution >= 0.6 is 23.2 Å². The molecule has 200 valence electrons. The number of pyridine rings is 1. The van der Waals surface area contributed by atoms with Gasteiger partial charge in [0.2, 0.25) is 0 Å². The van der Waals surface area contributed by atoms with Crippen LogP contribution in [0.1, 0.15) is 77.5 Å². The van der Waals surface area contributed by atoms with E-state index in [0.29, 0.717) is 21.6 Å². The maximum Gasteiger partial charge on any atom is 0.271 e. The van der Waals surface area contributed by atoms with Gasteiger partial charge in [-0.2, -0.15) is 0 Å². The van der Waals surface area contributed by atoms with Crippen LogP contribution in [0.3, 0.4) is 0 Å². The highest BCUT2D eigenvalue weighted by Crippen LogP contribution is 2.36. The molecular formula is C29H38Cl2N4O2. The molecule has 1 amide bonds. The molecule has 2 heterocycles. The Kier molecular flexibility index (Phi) is 8.68. The third-order valence-corrected chi connectivity index (χ3v) is 6.49. The number of hydrogen-bond donors (Lipinski definition) is 2. The smallest absolute Gasteiger partial charge is 0.271 e. The van der Waals surface area contributed by atoms with E-state index < -0.39 is 17.1 Å². The fraction of sp³-hybridized carbons (Fsp3) is 0.448. The number of benzene rings is 1. The Hall–Kier alpha value is -2.54. The summed E-state index contributed by atoms with van der Waals surface area (Å²) in [7, 11) is 0. The third-order valence-electron chi connectivity index (χ3n) is 5.96. The third kappa shape index (κ3) is 6.67. The van der Waals surface area contributed by atoms with E-state index in [1.54, 1.807) is 12.3 Å². The highest BCUT2D eigenvalue weighted by Gasteiger charge is 2.38. The number of carbonyl (C=O) groups excluding carboxylic acids is 1. The van der Waals surface area contributed by atoms with Crippen LogP contribution in [0.5, 0.6) is 0 Å². The van der Waals surface area contributed by atoms with Crippen molar-refractivity contribution in [1.82, 2.24) is 14.5 Å². The van der Waals surface area contributed by atoms with Gasteiger partial charge in [-0.15, -0.1) is 0 Å². The molecule has 37 heavy (non-hydrogen) atoms. The number of anilines is 1. The number of hydrogen-bond acceptors (Lipinski definition) is 4. The molecule has 0 saturated heterocycles. The van der Waals surface area contributed by atoms with Crippen molar-refractivity contribution in [3.05, 3.63) is 70.1 Å². The molecule has 0 aliphatic heterocycles. The average Bonchev–Trinajstić information content (AvgIpc) is 3.18. The zero-order chi connectivity index (χ0) is 27.7. The predicted octanol–water partition coefficient (Wildman–Crippen LogP) is 7.30. The minimum absolute atomic E-state index is 0.141. The van der Waals surface area contributed by atoms with Crippen LogP contribution in [0.4, 0.5) is 5.82 Å². The van der Waals surface area contributed by atoms with Crippen LogP contribution in [-0.2, 0) is 0 Å². The van der Waals surface area contributed by atoms with Crippen molar-refractivity contribution in [3.8, 4) is 11.1 Å². The standard InChI is InChI=1S/C29H38Cl2N4O2/c1-18(2)33-26-14-22(23(31)15-32-26)20-13-24(27(37)35(28(3,4)5)29(6,7)8)34(16-20)25(17-36)19-10-9-11-21(30)12-19/h9-16,18,25,36H,17H2,1-8H3,(H,32,33)/t25-/m1/s1. The highest BCUT2D eigenvalue weighted by molar-refractivity contribution is 6.33. The van der Waals surface area contributed by atoms with Gasteiger partial charge in [0, 0.05) is 45.7 Å². The van der Waals surface area contributed by atoms with Crippen molar-refractivity contribution in [2.24, 2.45) is 0 Å². The maximum absolute atomic E-state index is 14.3. The van der Waals surface area contributed by atoms with Gasteiger partial charge in [0.25, 0.3) is 5.91 Å². The molecule has 0 bridgehead atoms. The Morgan fingerprint density at radius 1 is 1.08 bits per heavy atom. The van der Waals surface area contributed by atoms with E-state index in [1.807, 2.05) is 101 Å². The SMILES string of the molecule is CC(C)Nc1cc(-c2cc(C(=O)N(C(C)(C)C)C(C)(C)C)n([C@H](CO)c3cccc(Cl)c3)c2)c(Cl)cn1. The van der Waals surface area contributed by atoms with Crippen molar-refractivity contribution in [2.75, 3.05) is 11.9 Å². The Morgan fingerprint density at radius 2 is 1.73 bits per heavy atom. The van der Waals surface area contributed by atoms with Gasteiger partial charge in [0.15, 0.2) is 0 Å². The van der Waals surface area contributed by atoms with E-state index in [1.165, 1.54) is 0 Å². The van der Waals surface area contributed by atoms with E-state index in [0.717, 1.165) is 16.7 Å². The summed E-state index contributed by atoms with van der Waals surface area (Å²) in [5.74, 6) is 0.548. The fourth-order valence-electron chi connectivity index (χ4n) is 4.89. The molecule has 2 aromatic heterocycles. The maximum atomic E-state index is 14.3. The monoisotopic (exact) mass is 544 g/mol. The predicted molar refractivity (Wildman–Crippen MR) is 154 cm³/mol. The Bertz CT molecular complexity index is 1240. The molecular weight excluding hydrogens is 507 g/mol. The van der Waals surface area contributed by atoms with E-state index in [4.69, 9.17) is 23.2 Å². The molecule has 0 aliphatic carbocycles. The second-order valence-corrected chi connectivity index (χ2v) is 12.4. The Balaban J connectivity index is 2.27. The van der Waals surface area contributed by atoms with Gasteiger partial charge in [-0.25, -0.2) is 4.98 Å². The highest BCUT2D eigenvalue weighted by atomic mass is 35.5. The van der Waals surface area contributed by atoms with E-state index >= 15 is 0 Å². The molecule has 0 radical (unpaired) electrons. The van der Waals surface area contributed by atoms with E-state index in [2.05, 4.69) is 10.3 Å². The van der Waals surface area contributed by atoms with E-state index in [9.17, 15) is 9.90 Å². The van der Waals surface area contributed by atoms with Gasteiger partial charge in [0.05, 0.1) is 17.7 Å². The lowest BCUT2D eigenvalue weighted by Gasteiger charge is -2.45. The summed E-state index contributed by atoms with van der Waals surface area (Å²) in [4.78, 5) is 20.5. The fourth-order valence-corrected chi connectivity index (χ4v) is 5.30. The number of nitrogens with one attached hydrogen (secondary N) is 1. The number of aromatic nitrogens is 2. The number of halogens is 2. The van der Waals surface area contributed by atoms with Crippen molar-refractivity contribution < 1.29 is 9.90 Å². The average molecular weight is 546 g/mol. The molecule has 3 aromatic rings. The van der Waals surface area contributed by atoms with Crippen molar-refractivity contribution in [1.29, 1.82) is 0 Å². The van der Waals surface area contributed by atoms with E-state index in [-0.39, 0.29) is 18.6 Å². The van der Waals surface area contributed by atoms with Gasteiger partial charge < -0.3 is 19.9 Å². The molecule has 2 N–H and O–H groups in total. The first-order valence-corrected chi connectivity index (χ1v) is 13.2. The quantitative estimate of drug-likeness (QED) is 0.327. The Labute approximate surface area is 230 Å². The summed E-state index contributed by atoms with van der Waals surface area (Å²) in [6.45, 7) is 16.0. The van der Waals surface area contributed by atoms with Crippen LogP contribution in [0, 0.1) is 0 Å². The first kappa shape index (κ1) is 29.0. The molecule has 0 fully saturated rings. The first-order valence-electron chi connectivity index (χ1n) is 12.5. The minimum atomic E-state index is -0.526. The van der Waals surface area contributed by atoms with Crippen molar-refractivity contribution in [3.63, 3.8) is 0 Å². The number of rotatable bonds is 7. The van der Waals surface area contributed by atoms with Crippen LogP contribution in [0.2, 0.25) is 10.0 Å². The Morgan fingerprint density at radius 3 is 2.27 bits per heavy atom. The summed E-state index contributed by atoms with van der Waals surface area (Å²) in [5.41, 5.74) is 1.85. The number of nitrogens with zero attached hydrogens (tertiary/aromatic N) is 3. The normalized spacial score (nSPS) is 13.1. The summed E-state index contributed by atoms with van der Waals surface area (Å²) in [6, 6.07) is 10.7. The van der Waals surface area contributed by atoms with Crippen LogP contribution < -0.4 is 5.32 Å². The summed E-state index contributed by atoms with van der Waals surface area (Å²) >= 11 is 12.9. The zero-order valence-corrected chi connectivity index (χ0v) is 24.4.